The molecule has 0 aliphatic heterocycles. The van der Waals surface area contributed by atoms with Gasteiger partial charge in [-0.3, -0.25) is 10.1 Å². The van der Waals surface area contributed by atoms with Crippen LogP contribution in [0.15, 0.2) is 24.3 Å². The van der Waals surface area contributed by atoms with Crippen LogP contribution >= 0.6 is 0 Å². The van der Waals surface area contributed by atoms with Gasteiger partial charge in [-0.15, -0.1) is 0 Å². The summed E-state index contributed by atoms with van der Waals surface area (Å²) < 4.78 is 5.25. The molecular formula is C10H12N2O5. The van der Waals surface area contributed by atoms with Crippen LogP contribution in [-0.4, -0.2) is 28.8 Å². The second-order valence-corrected chi connectivity index (χ2v) is 3.41. The fraction of sp³-hybridized carbons (Fsp3) is 0.300. The predicted octanol–water partition coefficient (Wildman–Crippen LogP) is 1.63. The number of nitro benzene ring substituents is 1. The molecule has 0 aromatic heterocycles. The monoisotopic (exact) mass is 240 g/mol. The third-order valence-corrected chi connectivity index (χ3v) is 1.92. The van der Waals surface area contributed by atoms with Gasteiger partial charge < -0.3 is 15.2 Å². The van der Waals surface area contributed by atoms with E-state index in [1.165, 1.54) is 24.3 Å². The molecule has 0 saturated heterocycles. The Bertz CT molecular complexity index is 404. The van der Waals surface area contributed by atoms with Crippen LogP contribution in [0, 0.1) is 10.1 Å². The summed E-state index contributed by atoms with van der Waals surface area (Å²) in [6.07, 6.45) is -1.12. The van der Waals surface area contributed by atoms with E-state index in [0.717, 1.165) is 0 Å². The molecule has 0 fully saturated rings. The molecule has 0 spiro atoms. The Balaban J connectivity index is 2.47. The Morgan fingerprint density at radius 3 is 2.59 bits per heavy atom. The summed E-state index contributed by atoms with van der Waals surface area (Å²) in [5.74, 6) is 0.453. The summed E-state index contributed by atoms with van der Waals surface area (Å²) in [5.41, 5.74) is -0.0194. The van der Waals surface area contributed by atoms with Gasteiger partial charge in [-0.2, -0.15) is 0 Å². The maximum atomic E-state index is 10.4. The first-order valence-corrected chi connectivity index (χ1v) is 4.85. The van der Waals surface area contributed by atoms with Crippen molar-refractivity contribution in [3.63, 3.8) is 0 Å². The maximum absolute atomic E-state index is 10.4. The largest absolute Gasteiger partial charge is 0.491 e. The summed E-state index contributed by atoms with van der Waals surface area (Å²) in [4.78, 5) is 20.2. The first-order valence-electron chi connectivity index (χ1n) is 4.85. The third-order valence-electron chi connectivity index (χ3n) is 1.92. The highest BCUT2D eigenvalue weighted by atomic mass is 16.6. The number of benzene rings is 1. The quantitative estimate of drug-likeness (QED) is 0.601. The second-order valence-electron chi connectivity index (χ2n) is 3.41. The Kier molecular flexibility index (Phi) is 4.27. The highest BCUT2D eigenvalue weighted by Gasteiger charge is 2.07. The molecule has 0 heterocycles. The average molecular weight is 240 g/mol. The van der Waals surface area contributed by atoms with Gasteiger partial charge in [0.05, 0.1) is 11.0 Å². The second kappa shape index (κ2) is 5.69. The van der Waals surface area contributed by atoms with E-state index >= 15 is 0 Å². The number of nitrogens with zero attached hydrogens (tertiary/aromatic N) is 1. The molecule has 17 heavy (non-hydrogen) atoms. The van der Waals surface area contributed by atoms with Crippen LogP contribution < -0.4 is 10.1 Å². The molecule has 1 amide bonds. The number of ether oxygens (including phenoxy) is 1. The van der Waals surface area contributed by atoms with Crippen LogP contribution in [-0.2, 0) is 0 Å². The van der Waals surface area contributed by atoms with E-state index in [4.69, 9.17) is 9.84 Å². The SMILES string of the molecule is C[C@@H](COc1ccc([N+](=O)[O-])cc1)NC(=O)O. The molecule has 1 aromatic carbocycles. The van der Waals surface area contributed by atoms with Crippen molar-refractivity contribution in [3.05, 3.63) is 34.4 Å². The van der Waals surface area contributed by atoms with Crippen molar-refractivity contribution in [3.8, 4) is 5.75 Å². The molecule has 1 rings (SSSR count). The molecule has 0 aliphatic rings. The van der Waals surface area contributed by atoms with Crippen LogP contribution in [0.2, 0.25) is 0 Å². The Morgan fingerprint density at radius 1 is 1.53 bits per heavy atom. The number of rotatable bonds is 5. The molecule has 0 aliphatic carbocycles. The molecular weight excluding hydrogens is 228 g/mol. The van der Waals surface area contributed by atoms with Crippen LogP contribution in [0.1, 0.15) is 6.92 Å². The zero-order valence-electron chi connectivity index (χ0n) is 9.12. The van der Waals surface area contributed by atoms with Gasteiger partial charge in [-0.1, -0.05) is 0 Å². The molecule has 0 saturated carbocycles. The van der Waals surface area contributed by atoms with E-state index < -0.39 is 11.0 Å². The molecule has 0 unspecified atom stereocenters. The summed E-state index contributed by atoms with van der Waals surface area (Å²) >= 11 is 0. The average Bonchev–Trinajstić information content (AvgIpc) is 2.26. The molecule has 1 atom stereocenters. The number of carbonyl (C=O) groups is 1. The Labute approximate surface area is 97.2 Å². The van der Waals surface area contributed by atoms with Crippen molar-refractivity contribution in [2.24, 2.45) is 0 Å². The van der Waals surface area contributed by atoms with Gasteiger partial charge >= 0.3 is 6.09 Å². The highest BCUT2D eigenvalue weighted by molar-refractivity contribution is 5.64. The van der Waals surface area contributed by atoms with Crippen molar-refractivity contribution in [2.45, 2.75) is 13.0 Å². The zero-order valence-corrected chi connectivity index (χ0v) is 9.12. The summed E-state index contributed by atoms with van der Waals surface area (Å²) in [6.45, 7) is 1.81. The van der Waals surface area contributed by atoms with E-state index in [9.17, 15) is 14.9 Å². The molecule has 0 radical (unpaired) electrons. The minimum Gasteiger partial charge on any atom is -0.491 e. The summed E-state index contributed by atoms with van der Waals surface area (Å²) in [5, 5.41) is 21.1. The van der Waals surface area contributed by atoms with Crippen LogP contribution in [0.25, 0.3) is 0 Å². The van der Waals surface area contributed by atoms with Crippen molar-refractivity contribution >= 4 is 11.8 Å². The lowest BCUT2D eigenvalue weighted by atomic mass is 10.3. The molecule has 7 heteroatoms. The van der Waals surface area contributed by atoms with Crippen LogP contribution in [0.5, 0.6) is 5.75 Å². The van der Waals surface area contributed by atoms with E-state index in [0.29, 0.717) is 5.75 Å². The molecule has 92 valence electrons. The van der Waals surface area contributed by atoms with E-state index in [1.54, 1.807) is 6.92 Å². The number of nitrogens with one attached hydrogen (secondary N) is 1. The fourth-order valence-corrected chi connectivity index (χ4v) is 1.14. The van der Waals surface area contributed by atoms with E-state index in [2.05, 4.69) is 5.32 Å². The van der Waals surface area contributed by atoms with E-state index in [-0.39, 0.29) is 18.3 Å². The first kappa shape index (κ1) is 12.8. The lowest BCUT2D eigenvalue weighted by molar-refractivity contribution is -0.384. The van der Waals surface area contributed by atoms with Gasteiger partial charge in [0, 0.05) is 12.1 Å². The molecule has 7 nitrogen and oxygen atoms in total. The third kappa shape index (κ3) is 4.37. The normalized spacial score (nSPS) is 11.6. The molecule has 0 bridgehead atoms. The van der Waals surface area contributed by atoms with Gasteiger partial charge in [-0.25, -0.2) is 4.79 Å². The molecule has 1 aromatic rings. The maximum Gasteiger partial charge on any atom is 0.404 e. The van der Waals surface area contributed by atoms with Crippen molar-refractivity contribution in [2.75, 3.05) is 6.61 Å². The smallest absolute Gasteiger partial charge is 0.404 e. The predicted molar refractivity (Wildman–Crippen MR) is 59.2 cm³/mol. The first-order chi connectivity index (χ1) is 7.99. The number of carboxylic acid groups (broad SMARTS) is 1. The summed E-state index contributed by atoms with van der Waals surface area (Å²) in [6, 6.07) is 5.22. The van der Waals surface area contributed by atoms with Crippen molar-refractivity contribution in [1.29, 1.82) is 0 Å². The Hall–Kier alpha value is -2.31. The lowest BCUT2D eigenvalue weighted by Crippen LogP contribution is -2.35. The minimum absolute atomic E-state index is 0.0194. The van der Waals surface area contributed by atoms with E-state index in [1.807, 2.05) is 0 Å². The number of nitro groups is 1. The highest BCUT2D eigenvalue weighted by Crippen LogP contribution is 2.17. The van der Waals surface area contributed by atoms with Gasteiger partial charge in [0.1, 0.15) is 12.4 Å². The van der Waals surface area contributed by atoms with Gasteiger partial charge in [0.25, 0.3) is 5.69 Å². The number of hydrogen-bond donors (Lipinski definition) is 2. The number of hydrogen-bond acceptors (Lipinski definition) is 4. The number of non-ortho nitro benzene ring substituents is 1. The molecule has 2 N–H and O–H groups in total. The van der Waals surface area contributed by atoms with Crippen LogP contribution in [0.4, 0.5) is 10.5 Å². The standard InChI is InChI=1S/C10H12N2O5/c1-7(11-10(13)14)6-17-9-4-2-8(3-5-9)12(15)16/h2-5,7,11H,6H2,1H3,(H,13,14)/t7-/m0/s1. The van der Waals surface area contributed by atoms with Gasteiger partial charge in [-0.05, 0) is 19.1 Å². The lowest BCUT2D eigenvalue weighted by Gasteiger charge is -2.12. The zero-order chi connectivity index (χ0) is 12.8. The fourth-order valence-electron chi connectivity index (χ4n) is 1.14. The Morgan fingerprint density at radius 2 is 2.12 bits per heavy atom. The van der Waals surface area contributed by atoms with Crippen LogP contribution in [0.3, 0.4) is 0 Å². The van der Waals surface area contributed by atoms with Gasteiger partial charge in [0.15, 0.2) is 0 Å². The van der Waals surface area contributed by atoms with Crippen molar-refractivity contribution in [1.82, 2.24) is 5.32 Å². The topological polar surface area (TPSA) is 102 Å². The minimum atomic E-state index is -1.12. The van der Waals surface area contributed by atoms with Crippen molar-refractivity contribution < 1.29 is 19.6 Å². The number of amides is 1. The summed E-state index contributed by atoms with van der Waals surface area (Å²) in [7, 11) is 0. The van der Waals surface area contributed by atoms with Gasteiger partial charge in [0.2, 0.25) is 0 Å².